The van der Waals surface area contributed by atoms with Crippen molar-refractivity contribution >= 4 is 23.6 Å². The van der Waals surface area contributed by atoms with Crippen LogP contribution in [0.1, 0.15) is 59.9 Å². The predicted molar refractivity (Wildman–Crippen MR) is 158 cm³/mol. The molecule has 1 N–H and O–H groups in total. The van der Waals surface area contributed by atoms with E-state index in [4.69, 9.17) is 0 Å². The standard InChI is InChI=1S/C33H39FN2O2S/c1-24-17-25(2)19-27(18-24)22-39-23-32(37)36(21-28-13-9-10-16-30(28)34)31(20-26-11-5-3-6-12-26)33(38)35-29-14-7-4-8-15-29/h3,5-6,9-13,16-19,29,31H,4,7-8,14-15,20-23H2,1-2H3,(H,35,38)/t31-/m1/s1. The second-order valence-corrected chi connectivity index (χ2v) is 11.6. The highest BCUT2D eigenvalue weighted by molar-refractivity contribution is 7.99. The van der Waals surface area contributed by atoms with Crippen molar-refractivity contribution in [3.8, 4) is 0 Å². The fourth-order valence-corrected chi connectivity index (χ4v) is 6.24. The van der Waals surface area contributed by atoms with Gasteiger partial charge in [-0.05, 0) is 43.9 Å². The van der Waals surface area contributed by atoms with Crippen LogP contribution >= 0.6 is 11.8 Å². The minimum atomic E-state index is -0.733. The summed E-state index contributed by atoms with van der Waals surface area (Å²) in [5.74, 6) is 0.217. The Morgan fingerprint density at radius 1 is 0.923 bits per heavy atom. The van der Waals surface area contributed by atoms with Crippen LogP contribution in [-0.2, 0) is 28.3 Å². The van der Waals surface area contributed by atoms with Gasteiger partial charge in [0.05, 0.1) is 5.75 Å². The van der Waals surface area contributed by atoms with E-state index in [1.54, 1.807) is 23.1 Å². The molecule has 4 rings (SSSR count). The molecular formula is C33H39FN2O2S. The second kappa shape index (κ2) is 14.3. The van der Waals surface area contributed by atoms with Gasteiger partial charge in [0.15, 0.2) is 0 Å². The van der Waals surface area contributed by atoms with E-state index in [0.717, 1.165) is 31.2 Å². The van der Waals surface area contributed by atoms with E-state index < -0.39 is 6.04 Å². The smallest absolute Gasteiger partial charge is 0.243 e. The lowest BCUT2D eigenvalue weighted by Gasteiger charge is -2.33. The number of hydrogen-bond donors (Lipinski definition) is 1. The molecule has 1 fully saturated rings. The van der Waals surface area contributed by atoms with Gasteiger partial charge in [-0.3, -0.25) is 9.59 Å². The third kappa shape index (κ3) is 8.69. The summed E-state index contributed by atoms with van der Waals surface area (Å²) in [5.41, 5.74) is 4.94. The first-order valence-electron chi connectivity index (χ1n) is 13.9. The van der Waals surface area contributed by atoms with Gasteiger partial charge >= 0.3 is 0 Å². The fourth-order valence-electron chi connectivity index (χ4n) is 5.40. The van der Waals surface area contributed by atoms with Crippen molar-refractivity contribution in [1.29, 1.82) is 0 Å². The van der Waals surface area contributed by atoms with Crippen molar-refractivity contribution in [2.75, 3.05) is 5.75 Å². The van der Waals surface area contributed by atoms with Crippen molar-refractivity contribution in [2.24, 2.45) is 0 Å². The monoisotopic (exact) mass is 546 g/mol. The van der Waals surface area contributed by atoms with Gasteiger partial charge in [-0.25, -0.2) is 4.39 Å². The first-order chi connectivity index (χ1) is 18.9. The zero-order chi connectivity index (χ0) is 27.6. The molecule has 0 saturated heterocycles. The number of halogens is 1. The van der Waals surface area contributed by atoms with Crippen LogP contribution in [0.5, 0.6) is 0 Å². The molecule has 1 aliphatic carbocycles. The average molecular weight is 547 g/mol. The van der Waals surface area contributed by atoms with E-state index in [1.165, 1.54) is 40.9 Å². The molecule has 0 spiro atoms. The number of thioether (sulfide) groups is 1. The van der Waals surface area contributed by atoms with Gasteiger partial charge in [-0.15, -0.1) is 11.8 Å². The third-order valence-electron chi connectivity index (χ3n) is 7.30. The van der Waals surface area contributed by atoms with E-state index >= 15 is 0 Å². The molecule has 0 bridgehead atoms. The largest absolute Gasteiger partial charge is 0.352 e. The van der Waals surface area contributed by atoms with Crippen LogP contribution in [-0.4, -0.2) is 34.6 Å². The lowest BCUT2D eigenvalue weighted by atomic mass is 9.94. The van der Waals surface area contributed by atoms with Crippen LogP contribution in [0.2, 0.25) is 0 Å². The average Bonchev–Trinajstić information content (AvgIpc) is 2.92. The van der Waals surface area contributed by atoms with E-state index in [2.05, 4.69) is 37.4 Å². The molecule has 206 valence electrons. The maximum absolute atomic E-state index is 14.8. The van der Waals surface area contributed by atoms with Crippen LogP contribution in [0, 0.1) is 19.7 Å². The molecule has 2 amide bonds. The second-order valence-electron chi connectivity index (χ2n) is 10.7. The zero-order valence-electron chi connectivity index (χ0n) is 23.0. The summed E-state index contributed by atoms with van der Waals surface area (Å²) in [6.07, 6.45) is 5.67. The minimum absolute atomic E-state index is 0.0468. The molecule has 0 radical (unpaired) electrons. The van der Waals surface area contributed by atoms with Crippen LogP contribution in [0.15, 0.2) is 72.8 Å². The molecule has 0 aromatic heterocycles. The summed E-state index contributed by atoms with van der Waals surface area (Å²) >= 11 is 1.53. The molecule has 1 aliphatic rings. The van der Waals surface area contributed by atoms with E-state index in [-0.39, 0.29) is 36.0 Å². The Morgan fingerprint density at radius 3 is 2.28 bits per heavy atom. The number of amides is 2. The maximum atomic E-state index is 14.8. The van der Waals surface area contributed by atoms with Crippen molar-refractivity contribution in [3.63, 3.8) is 0 Å². The Balaban J connectivity index is 1.57. The number of carbonyl (C=O) groups excluding carboxylic acids is 2. The van der Waals surface area contributed by atoms with Crippen molar-refractivity contribution in [3.05, 3.63) is 106 Å². The number of aryl methyl sites for hydroxylation is 2. The summed E-state index contributed by atoms with van der Waals surface area (Å²) in [6.45, 7) is 4.19. The molecule has 0 unspecified atom stereocenters. The minimum Gasteiger partial charge on any atom is -0.352 e. The number of benzene rings is 3. The Hall–Kier alpha value is -3.12. The maximum Gasteiger partial charge on any atom is 0.243 e. The number of rotatable bonds is 11. The zero-order valence-corrected chi connectivity index (χ0v) is 23.8. The van der Waals surface area contributed by atoms with Gasteiger partial charge < -0.3 is 10.2 Å². The third-order valence-corrected chi connectivity index (χ3v) is 8.29. The van der Waals surface area contributed by atoms with Crippen LogP contribution in [0.3, 0.4) is 0 Å². The van der Waals surface area contributed by atoms with Crippen molar-refractivity contribution < 1.29 is 14.0 Å². The summed E-state index contributed by atoms with van der Waals surface area (Å²) in [4.78, 5) is 29.2. The molecule has 6 heteroatoms. The topological polar surface area (TPSA) is 49.4 Å². The highest BCUT2D eigenvalue weighted by Gasteiger charge is 2.32. The number of carbonyl (C=O) groups is 2. The van der Waals surface area contributed by atoms with Gasteiger partial charge in [0.25, 0.3) is 0 Å². The number of nitrogens with one attached hydrogen (secondary N) is 1. The lowest BCUT2D eigenvalue weighted by Crippen LogP contribution is -2.53. The van der Waals surface area contributed by atoms with E-state index in [0.29, 0.717) is 17.7 Å². The predicted octanol–water partition coefficient (Wildman–Crippen LogP) is 6.76. The normalized spacial score (nSPS) is 14.5. The van der Waals surface area contributed by atoms with Crippen molar-refractivity contribution in [2.45, 2.75) is 76.8 Å². The molecule has 4 nitrogen and oxygen atoms in total. The van der Waals surface area contributed by atoms with Gasteiger partial charge in [-0.2, -0.15) is 0 Å². The van der Waals surface area contributed by atoms with E-state index in [9.17, 15) is 14.0 Å². The first-order valence-corrected chi connectivity index (χ1v) is 15.1. The SMILES string of the molecule is Cc1cc(C)cc(CSCC(=O)N(Cc2ccccc2F)[C@H](Cc2ccccc2)C(=O)NC2CCCCC2)c1. The molecule has 3 aromatic carbocycles. The molecule has 1 atom stereocenters. The molecule has 3 aromatic rings. The fraction of sp³-hybridized carbons (Fsp3) is 0.394. The summed E-state index contributed by atoms with van der Waals surface area (Å²) in [7, 11) is 0. The van der Waals surface area contributed by atoms with Crippen LogP contribution in [0.4, 0.5) is 4.39 Å². The number of nitrogens with zero attached hydrogens (tertiary/aromatic N) is 1. The van der Waals surface area contributed by atoms with Crippen LogP contribution < -0.4 is 5.32 Å². The van der Waals surface area contributed by atoms with Gasteiger partial charge in [0.2, 0.25) is 11.8 Å². The van der Waals surface area contributed by atoms with Gasteiger partial charge in [0.1, 0.15) is 11.9 Å². The Kier molecular flexibility index (Phi) is 10.6. The highest BCUT2D eigenvalue weighted by atomic mass is 32.2. The quantitative estimate of drug-likeness (QED) is 0.289. The Labute approximate surface area is 236 Å². The summed E-state index contributed by atoms with van der Waals surface area (Å²) < 4.78 is 14.8. The Morgan fingerprint density at radius 2 is 1.59 bits per heavy atom. The summed E-state index contributed by atoms with van der Waals surface area (Å²) in [6, 6.07) is 22.1. The van der Waals surface area contributed by atoms with E-state index in [1.807, 2.05) is 30.3 Å². The highest BCUT2D eigenvalue weighted by Crippen LogP contribution is 2.22. The molecule has 0 heterocycles. The number of hydrogen-bond acceptors (Lipinski definition) is 3. The lowest BCUT2D eigenvalue weighted by molar-refractivity contribution is -0.139. The Bertz CT molecular complexity index is 1220. The summed E-state index contributed by atoms with van der Waals surface area (Å²) in [5, 5.41) is 3.24. The molecule has 39 heavy (non-hydrogen) atoms. The molecule has 1 saturated carbocycles. The first kappa shape index (κ1) is 28.9. The van der Waals surface area contributed by atoms with Crippen LogP contribution in [0.25, 0.3) is 0 Å². The molecular weight excluding hydrogens is 507 g/mol. The van der Waals surface area contributed by atoms with Gasteiger partial charge in [-0.1, -0.05) is 97.1 Å². The molecule has 0 aliphatic heterocycles. The van der Waals surface area contributed by atoms with Gasteiger partial charge in [0, 0.05) is 30.3 Å². The van der Waals surface area contributed by atoms with Crippen molar-refractivity contribution in [1.82, 2.24) is 10.2 Å².